The van der Waals surface area contributed by atoms with E-state index in [0.29, 0.717) is 32.5 Å². The van der Waals surface area contributed by atoms with Gasteiger partial charge in [-0.2, -0.15) is 0 Å². The molecule has 1 fully saturated rings. The minimum atomic E-state index is -0.902. The van der Waals surface area contributed by atoms with Gasteiger partial charge in [0, 0.05) is 46.2 Å². The molecule has 1 atom stereocenters. The normalized spacial score (nSPS) is 20.5. The van der Waals surface area contributed by atoms with Gasteiger partial charge in [0.25, 0.3) is 0 Å². The molecule has 26 heavy (non-hydrogen) atoms. The van der Waals surface area contributed by atoms with E-state index in [1.807, 2.05) is 24.3 Å². The lowest BCUT2D eigenvalue weighted by Crippen LogP contribution is -2.48. The van der Waals surface area contributed by atoms with E-state index in [1.165, 1.54) is 0 Å². The smallest absolute Gasteiger partial charge is 0.319 e. The molecule has 2 aliphatic rings. The predicted octanol–water partition coefficient (Wildman–Crippen LogP) is 1.59. The van der Waals surface area contributed by atoms with E-state index < -0.39 is 11.9 Å². The van der Waals surface area contributed by atoms with Crippen molar-refractivity contribution < 1.29 is 19.5 Å². The fourth-order valence-electron chi connectivity index (χ4n) is 3.84. The maximum absolute atomic E-state index is 13.0. The average molecular weight is 359 g/mol. The molecule has 2 heterocycles. The Kier molecular flexibility index (Phi) is 5.15. The number of carbonyl (C=O) groups is 3. The van der Waals surface area contributed by atoms with Crippen molar-refractivity contribution in [2.24, 2.45) is 5.92 Å². The number of aliphatic carboxylic acids is 1. The number of amides is 3. The second kappa shape index (κ2) is 7.35. The second-order valence-electron chi connectivity index (χ2n) is 7.25. The van der Waals surface area contributed by atoms with Gasteiger partial charge in [0.15, 0.2) is 0 Å². The molecule has 3 amide bonds. The number of carboxylic acids is 1. The molecular formula is C19H25N3O4. The molecule has 7 nitrogen and oxygen atoms in total. The Labute approximate surface area is 153 Å². The minimum absolute atomic E-state index is 0.00250. The molecule has 0 spiro atoms. The van der Waals surface area contributed by atoms with E-state index >= 15 is 0 Å². The first-order chi connectivity index (χ1) is 12.4. The number of carbonyl (C=O) groups excluding carboxylic acids is 2. The van der Waals surface area contributed by atoms with E-state index in [0.717, 1.165) is 11.1 Å². The Morgan fingerprint density at radius 1 is 1.08 bits per heavy atom. The van der Waals surface area contributed by atoms with Gasteiger partial charge in [-0.25, -0.2) is 4.79 Å². The lowest BCUT2D eigenvalue weighted by molar-refractivity contribution is -0.143. The third-order valence-electron chi connectivity index (χ3n) is 5.30. The van der Waals surface area contributed by atoms with Gasteiger partial charge < -0.3 is 19.8 Å². The number of hydrogen-bond donors (Lipinski definition) is 1. The summed E-state index contributed by atoms with van der Waals surface area (Å²) < 4.78 is 0. The zero-order valence-electron chi connectivity index (χ0n) is 15.2. The Morgan fingerprint density at radius 2 is 1.73 bits per heavy atom. The van der Waals surface area contributed by atoms with Crippen LogP contribution in [-0.2, 0) is 16.1 Å². The monoisotopic (exact) mass is 359 g/mol. The first-order valence-electron chi connectivity index (χ1n) is 8.94. The molecule has 3 rings (SSSR count). The van der Waals surface area contributed by atoms with Gasteiger partial charge in [0.2, 0.25) is 5.91 Å². The molecular weight excluding hydrogens is 334 g/mol. The standard InChI is InChI=1S/C19H25N3O4/c1-20(2)19(26)21-9-7-13(8-10-21)17(23)22-11-14-5-3-4-6-15(14)16(12-22)18(24)25/h3-6,13,16H,7-12H2,1-2H3,(H,24,25). The summed E-state index contributed by atoms with van der Waals surface area (Å²) in [5.41, 5.74) is 1.70. The predicted molar refractivity (Wildman–Crippen MR) is 95.6 cm³/mol. The number of piperidine rings is 1. The molecule has 7 heteroatoms. The Bertz CT molecular complexity index is 710. The molecule has 0 radical (unpaired) electrons. The Balaban J connectivity index is 1.68. The van der Waals surface area contributed by atoms with Gasteiger partial charge in [-0.05, 0) is 24.0 Å². The maximum atomic E-state index is 13.0. The average Bonchev–Trinajstić information content (AvgIpc) is 2.65. The van der Waals surface area contributed by atoms with E-state index in [4.69, 9.17) is 0 Å². The van der Waals surface area contributed by atoms with Crippen molar-refractivity contribution in [2.75, 3.05) is 33.7 Å². The van der Waals surface area contributed by atoms with E-state index in [1.54, 1.807) is 28.8 Å². The number of carboxylic acid groups (broad SMARTS) is 1. The summed E-state index contributed by atoms with van der Waals surface area (Å²) in [6.07, 6.45) is 1.24. The van der Waals surface area contributed by atoms with Crippen LogP contribution in [0, 0.1) is 5.92 Å². The van der Waals surface area contributed by atoms with E-state index in [9.17, 15) is 19.5 Å². The molecule has 0 aliphatic carbocycles. The van der Waals surface area contributed by atoms with Crippen LogP contribution in [0.15, 0.2) is 24.3 Å². The number of hydrogen-bond acceptors (Lipinski definition) is 3. The maximum Gasteiger partial charge on any atom is 0.319 e. The number of fused-ring (bicyclic) bond motifs is 1. The van der Waals surface area contributed by atoms with Crippen molar-refractivity contribution >= 4 is 17.9 Å². The van der Waals surface area contributed by atoms with E-state index in [-0.39, 0.29) is 24.4 Å². The highest BCUT2D eigenvalue weighted by molar-refractivity contribution is 5.83. The molecule has 1 saturated heterocycles. The summed E-state index contributed by atoms with van der Waals surface area (Å²) in [7, 11) is 3.44. The first kappa shape index (κ1) is 18.2. The van der Waals surface area contributed by atoms with Gasteiger partial charge in [-0.1, -0.05) is 24.3 Å². The fourth-order valence-corrected chi connectivity index (χ4v) is 3.84. The quantitative estimate of drug-likeness (QED) is 0.869. The largest absolute Gasteiger partial charge is 0.481 e. The van der Waals surface area contributed by atoms with Gasteiger partial charge in [0.1, 0.15) is 0 Å². The van der Waals surface area contributed by atoms with Crippen molar-refractivity contribution in [3.63, 3.8) is 0 Å². The van der Waals surface area contributed by atoms with Crippen molar-refractivity contribution in [3.8, 4) is 0 Å². The third-order valence-corrected chi connectivity index (χ3v) is 5.30. The number of rotatable bonds is 2. The van der Waals surface area contributed by atoms with Crippen LogP contribution in [0.1, 0.15) is 29.9 Å². The zero-order chi connectivity index (χ0) is 18.8. The molecule has 0 aromatic heterocycles. The van der Waals surface area contributed by atoms with Crippen molar-refractivity contribution in [3.05, 3.63) is 35.4 Å². The summed E-state index contributed by atoms with van der Waals surface area (Å²) in [5.74, 6) is -1.73. The minimum Gasteiger partial charge on any atom is -0.481 e. The number of nitrogens with zero attached hydrogens (tertiary/aromatic N) is 3. The number of benzene rings is 1. The Hall–Kier alpha value is -2.57. The summed E-state index contributed by atoms with van der Waals surface area (Å²) in [5, 5.41) is 9.56. The van der Waals surface area contributed by atoms with Crippen molar-refractivity contribution in [1.82, 2.24) is 14.7 Å². The van der Waals surface area contributed by atoms with Crippen LogP contribution in [0.4, 0.5) is 4.79 Å². The van der Waals surface area contributed by atoms with Crippen LogP contribution in [0.2, 0.25) is 0 Å². The zero-order valence-corrected chi connectivity index (χ0v) is 15.2. The van der Waals surface area contributed by atoms with Crippen LogP contribution in [-0.4, -0.2) is 71.4 Å². The summed E-state index contributed by atoms with van der Waals surface area (Å²) in [6, 6.07) is 7.40. The van der Waals surface area contributed by atoms with E-state index in [2.05, 4.69) is 0 Å². The van der Waals surface area contributed by atoms with Gasteiger partial charge >= 0.3 is 12.0 Å². The molecule has 0 saturated carbocycles. The summed E-state index contributed by atoms with van der Waals surface area (Å²) >= 11 is 0. The Morgan fingerprint density at radius 3 is 2.35 bits per heavy atom. The second-order valence-corrected chi connectivity index (χ2v) is 7.25. The highest BCUT2D eigenvalue weighted by atomic mass is 16.4. The molecule has 1 aromatic carbocycles. The van der Waals surface area contributed by atoms with Crippen LogP contribution >= 0.6 is 0 Å². The third kappa shape index (κ3) is 3.52. The number of urea groups is 1. The molecule has 1 N–H and O–H groups in total. The van der Waals surface area contributed by atoms with Gasteiger partial charge in [-0.3, -0.25) is 9.59 Å². The lowest BCUT2D eigenvalue weighted by Gasteiger charge is -2.38. The molecule has 1 unspecified atom stereocenters. The number of likely N-dealkylation sites (tertiary alicyclic amines) is 1. The van der Waals surface area contributed by atoms with Crippen LogP contribution < -0.4 is 0 Å². The highest BCUT2D eigenvalue weighted by Gasteiger charge is 2.36. The molecule has 0 bridgehead atoms. The van der Waals surface area contributed by atoms with Crippen molar-refractivity contribution in [1.29, 1.82) is 0 Å². The molecule has 1 aromatic rings. The fraction of sp³-hybridized carbons (Fsp3) is 0.526. The van der Waals surface area contributed by atoms with Crippen LogP contribution in [0.25, 0.3) is 0 Å². The van der Waals surface area contributed by atoms with Crippen LogP contribution in [0.3, 0.4) is 0 Å². The van der Waals surface area contributed by atoms with Gasteiger partial charge in [0.05, 0.1) is 5.92 Å². The summed E-state index contributed by atoms with van der Waals surface area (Å²) in [6.45, 7) is 1.78. The molecule has 140 valence electrons. The SMILES string of the molecule is CN(C)C(=O)N1CCC(C(=O)N2Cc3ccccc3C(C(=O)O)C2)CC1. The van der Waals surface area contributed by atoms with Gasteiger partial charge in [-0.15, -0.1) is 0 Å². The lowest BCUT2D eigenvalue weighted by atomic mass is 9.88. The summed E-state index contributed by atoms with van der Waals surface area (Å²) in [4.78, 5) is 41.6. The van der Waals surface area contributed by atoms with Crippen LogP contribution in [0.5, 0.6) is 0 Å². The molecule has 2 aliphatic heterocycles. The highest BCUT2D eigenvalue weighted by Crippen LogP contribution is 2.31. The van der Waals surface area contributed by atoms with Crippen molar-refractivity contribution in [2.45, 2.75) is 25.3 Å². The topological polar surface area (TPSA) is 81.2 Å². The first-order valence-corrected chi connectivity index (χ1v) is 8.94.